The number of piperazine rings is 1. The van der Waals surface area contributed by atoms with Crippen LogP contribution in [0.25, 0.3) is 0 Å². The highest BCUT2D eigenvalue weighted by Gasteiger charge is 2.22. The van der Waals surface area contributed by atoms with Crippen LogP contribution in [0.2, 0.25) is 0 Å². The second-order valence-electron chi connectivity index (χ2n) is 7.06. The molecule has 1 amide bonds. The van der Waals surface area contributed by atoms with Crippen molar-refractivity contribution >= 4 is 11.7 Å². The molecule has 3 rings (SSSR count). The number of aromatic nitrogens is 1. The lowest BCUT2D eigenvalue weighted by molar-refractivity contribution is 0.0724. The second-order valence-corrected chi connectivity index (χ2v) is 7.06. The summed E-state index contributed by atoms with van der Waals surface area (Å²) < 4.78 is 0. The van der Waals surface area contributed by atoms with Gasteiger partial charge in [0, 0.05) is 57.1 Å². The number of nitrogens with zero attached hydrogens (tertiary/aromatic N) is 4. The molecule has 0 bridgehead atoms. The van der Waals surface area contributed by atoms with E-state index in [1.54, 1.807) is 6.20 Å². The molecule has 24 heavy (non-hydrogen) atoms. The van der Waals surface area contributed by atoms with Crippen LogP contribution in [0.3, 0.4) is 0 Å². The van der Waals surface area contributed by atoms with Crippen molar-refractivity contribution in [2.45, 2.75) is 25.3 Å². The number of likely N-dealkylation sites (N-methyl/N-ethyl adjacent to an activating group) is 2. The van der Waals surface area contributed by atoms with E-state index in [9.17, 15) is 4.79 Å². The van der Waals surface area contributed by atoms with Crippen LogP contribution in [0.15, 0.2) is 18.3 Å². The number of amides is 1. The summed E-state index contributed by atoms with van der Waals surface area (Å²) in [5, 5.41) is 3.41. The second kappa shape index (κ2) is 7.94. The third-order valence-electron chi connectivity index (χ3n) is 5.15. The van der Waals surface area contributed by atoms with Crippen molar-refractivity contribution in [2.75, 3.05) is 58.7 Å². The summed E-state index contributed by atoms with van der Waals surface area (Å²) in [7, 11) is 4.33. The van der Waals surface area contributed by atoms with Crippen LogP contribution in [0.4, 0.5) is 5.82 Å². The number of likely N-dealkylation sites (tertiary alicyclic amines) is 1. The van der Waals surface area contributed by atoms with Crippen LogP contribution in [0, 0.1) is 0 Å². The van der Waals surface area contributed by atoms with Gasteiger partial charge in [0.1, 0.15) is 5.82 Å². The zero-order chi connectivity index (χ0) is 16.9. The summed E-state index contributed by atoms with van der Waals surface area (Å²) in [4.78, 5) is 23.7. The Balaban J connectivity index is 1.59. The van der Waals surface area contributed by atoms with E-state index in [1.807, 2.05) is 17.0 Å². The average molecular weight is 331 g/mol. The summed E-state index contributed by atoms with van der Waals surface area (Å²) in [6.45, 7) is 5.85. The van der Waals surface area contributed by atoms with Crippen molar-refractivity contribution in [1.29, 1.82) is 0 Å². The maximum absolute atomic E-state index is 12.6. The molecule has 1 aromatic rings. The number of piperidine rings is 1. The molecule has 0 radical (unpaired) electrons. The first-order chi connectivity index (χ1) is 11.6. The molecule has 1 atom stereocenters. The Labute approximate surface area is 144 Å². The molecule has 0 aliphatic carbocycles. The number of nitrogens with one attached hydrogen (secondary N) is 1. The van der Waals surface area contributed by atoms with Crippen molar-refractivity contribution in [1.82, 2.24) is 19.7 Å². The average Bonchev–Trinajstić information content (AvgIpc) is 2.63. The van der Waals surface area contributed by atoms with Crippen molar-refractivity contribution in [3.63, 3.8) is 0 Å². The fourth-order valence-electron chi connectivity index (χ4n) is 3.48. The van der Waals surface area contributed by atoms with E-state index >= 15 is 0 Å². The molecule has 1 unspecified atom stereocenters. The third kappa shape index (κ3) is 4.24. The lowest BCUT2D eigenvalue weighted by Gasteiger charge is -2.37. The molecule has 2 aliphatic rings. The fourth-order valence-corrected chi connectivity index (χ4v) is 3.48. The predicted molar refractivity (Wildman–Crippen MR) is 96.4 cm³/mol. The van der Waals surface area contributed by atoms with Gasteiger partial charge in [-0.1, -0.05) is 0 Å². The summed E-state index contributed by atoms with van der Waals surface area (Å²) >= 11 is 0. The van der Waals surface area contributed by atoms with Crippen LogP contribution in [-0.2, 0) is 0 Å². The molecule has 1 N–H and O–H groups in total. The molecule has 6 heteroatoms. The monoisotopic (exact) mass is 331 g/mol. The first-order valence-corrected chi connectivity index (χ1v) is 9.01. The van der Waals surface area contributed by atoms with Gasteiger partial charge in [0.05, 0.1) is 0 Å². The fraction of sp³-hybridized carbons (Fsp3) is 0.667. The Morgan fingerprint density at radius 3 is 2.79 bits per heavy atom. The van der Waals surface area contributed by atoms with Crippen molar-refractivity contribution in [3.8, 4) is 0 Å². The highest BCUT2D eigenvalue weighted by atomic mass is 16.2. The van der Waals surface area contributed by atoms with Gasteiger partial charge in [0.25, 0.3) is 5.91 Å². The third-order valence-corrected chi connectivity index (χ3v) is 5.15. The molecule has 3 heterocycles. The van der Waals surface area contributed by atoms with Gasteiger partial charge in [-0.2, -0.15) is 0 Å². The van der Waals surface area contributed by atoms with Crippen LogP contribution < -0.4 is 5.32 Å². The van der Waals surface area contributed by atoms with E-state index in [2.05, 4.69) is 34.2 Å². The normalized spacial score (nSPS) is 23.2. The Morgan fingerprint density at radius 1 is 1.21 bits per heavy atom. The molecule has 6 nitrogen and oxygen atoms in total. The molecule has 132 valence electrons. The number of hydrogen-bond acceptors (Lipinski definition) is 5. The van der Waals surface area contributed by atoms with E-state index in [0.29, 0.717) is 6.04 Å². The number of carbonyl (C=O) groups is 1. The largest absolute Gasteiger partial charge is 0.368 e. The smallest absolute Gasteiger partial charge is 0.254 e. The topological polar surface area (TPSA) is 51.7 Å². The molecular weight excluding hydrogens is 302 g/mol. The van der Waals surface area contributed by atoms with Crippen molar-refractivity contribution < 1.29 is 4.79 Å². The molecule has 2 fully saturated rings. The molecule has 0 aromatic carbocycles. The number of carbonyl (C=O) groups excluding carboxylic acids is 1. The van der Waals surface area contributed by atoms with Gasteiger partial charge in [0.15, 0.2) is 0 Å². The summed E-state index contributed by atoms with van der Waals surface area (Å²) in [6.07, 6.45) is 5.19. The Kier molecular flexibility index (Phi) is 5.68. The minimum absolute atomic E-state index is 0.134. The van der Waals surface area contributed by atoms with E-state index in [4.69, 9.17) is 0 Å². The minimum Gasteiger partial charge on any atom is -0.368 e. The van der Waals surface area contributed by atoms with Crippen molar-refractivity contribution in [3.05, 3.63) is 23.9 Å². The molecule has 1 aromatic heterocycles. The maximum Gasteiger partial charge on any atom is 0.254 e. The Hall–Kier alpha value is -1.66. The van der Waals surface area contributed by atoms with Gasteiger partial charge < -0.3 is 15.1 Å². The Morgan fingerprint density at radius 2 is 2.00 bits per heavy atom. The standard InChI is InChI=1S/C18H29N5O/c1-21-10-11-22(2)16(14-21)13-20-17-12-15(6-7-19-17)18(24)23-8-4-3-5-9-23/h6-7,12,16H,3-5,8-11,13-14H2,1-2H3,(H,19,20). The number of hydrogen-bond donors (Lipinski definition) is 1. The molecule has 2 saturated heterocycles. The van der Waals surface area contributed by atoms with Gasteiger partial charge in [-0.05, 0) is 45.5 Å². The lowest BCUT2D eigenvalue weighted by Crippen LogP contribution is -2.52. The van der Waals surface area contributed by atoms with E-state index in [0.717, 1.165) is 63.5 Å². The van der Waals surface area contributed by atoms with Crippen molar-refractivity contribution in [2.24, 2.45) is 0 Å². The molecule has 0 spiro atoms. The number of pyridine rings is 1. The SMILES string of the molecule is CN1CCN(C)C(CNc2cc(C(=O)N3CCCCC3)ccn2)C1. The first kappa shape index (κ1) is 17.2. The zero-order valence-electron chi connectivity index (χ0n) is 14.9. The summed E-state index contributed by atoms with van der Waals surface area (Å²) in [5.74, 6) is 0.925. The zero-order valence-corrected chi connectivity index (χ0v) is 14.9. The van der Waals surface area contributed by atoms with Crippen LogP contribution in [0.1, 0.15) is 29.6 Å². The predicted octanol–water partition coefficient (Wildman–Crippen LogP) is 1.37. The van der Waals surface area contributed by atoms with Gasteiger partial charge in [-0.25, -0.2) is 4.98 Å². The van der Waals surface area contributed by atoms with Crippen LogP contribution in [-0.4, -0.2) is 85.0 Å². The van der Waals surface area contributed by atoms with Gasteiger partial charge >= 0.3 is 0 Å². The molecule has 2 aliphatic heterocycles. The highest BCUT2D eigenvalue weighted by molar-refractivity contribution is 5.94. The van der Waals surface area contributed by atoms with Gasteiger partial charge in [0.2, 0.25) is 0 Å². The summed E-state index contributed by atoms with van der Waals surface area (Å²) in [6, 6.07) is 4.18. The minimum atomic E-state index is 0.134. The Bertz CT molecular complexity index is 558. The van der Waals surface area contributed by atoms with Crippen LogP contribution >= 0.6 is 0 Å². The van der Waals surface area contributed by atoms with E-state index < -0.39 is 0 Å². The van der Waals surface area contributed by atoms with E-state index in [1.165, 1.54) is 6.42 Å². The number of rotatable bonds is 4. The molecule has 0 saturated carbocycles. The quantitative estimate of drug-likeness (QED) is 0.903. The maximum atomic E-state index is 12.6. The highest BCUT2D eigenvalue weighted by Crippen LogP contribution is 2.15. The molecular formula is C18H29N5O. The van der Waals surface area contributed by atoms with Crippen LogP contribution in [0.5, 0.6) is 0 Å². The summed E-state index contributed by atoms with van der Waals surface area (Å²) in [5.41, 5.74) is 0.739. The lowest BCUT2D eigenvalue weighted by atomic mass is 10.1. The first-order valence-electron chi connectivity index (χ1n) is 9.01. The van der Waals surface area contributed by atoms with Gasteiger partial charge in [-0.15, -0.1) is 0 Å². The number of anilines is 1. The van der Waals surface area contributed by atoms with E-state index in [-0.39, 0.29) is 5.91 Å². The van der Waals surface area contributed by atoms with Gasteiger partial charge in [-0.3, -0.25) is 9.69 Å².